The van der Waals surface area contributed by atoms with E-state index in [9.17, 15) is 12.8 Å². The lowest BCUT2D eigenvalue weighted by Crippen LogP contribution is -2.24. The highest BCUT2D eigenvalue weighted by atomic mass is 32.2. The molecule has 0 aliphatic rings. The predicted octanol–water partition coefficient (Wildman–Crippen LogP) is 1.57. The number of benzene rings is 1. The second-order valence-electron chi connectivity index (χ2n) is 4.59. The van der Waals surface area contributed by atoms with Crippen LogP contribution in [0.5, 0.6) is 0 Å². The maximum Gasteiger partial charge on any atom is 0.245 e. The molecule has 1 rings (SSSR count). The summed E-state index contributed by atoms with van der Waals surface area (Å²) in [6.45, 7) is 4.48. The van der Waals surface area contributed by atoms with E-state index < -0.39 is 15.8 Å². The summed E-state index contributed by atoms with van der Waals surface area (Å²) < 4.78 is 38.4. The Morgan fingerprint density at radius 1 is 1.33 bits per heavy atom. The molecule has 4 nitrogen and oxygen atoms in total. The first-order valence-electron chi connectivity index (χ1n) is 5.69. The van der Waals surface area contributed by atoms with E-state index in [0.717, 1.165) is 9.87 Å². The maximum absolute atomic E-state index is 13.6. The topological polar surface area (TPSA) is 49.4 Å². The summed E-state index contributed by atoms with van der Waals surface area (Å²) in [7, 11) is -0.973. The van der Waals surface area contributed by atoms with E-state index in [1.807, 2.05) is 13.8 Å². The summed E-state index contributed by atoms with van der Waals surface area (Å²) in [5, 5.41) is 3.16. The molecule has 0 aliphatic heterocycles. The number of hydrogen-bond donors (Lipinski definition) is 1. The normalized spacial score (nSPS) is 12.4. The molecule has 0 unspecified atom stereocenters. The van der Waals surface area contributed by atoms with Gasteiger partial charge in [-0.15, -0.1) is 0 Å². The molecule has 6 heteroatoms. The van der Waals surface area contributed by atoms with Crippen molar-refractivity contribution >= 4 is 10.0 Å². The molecular weight excluding hydrogens is 255 g/mol. The van der Waals surface area contributed by atoms with Crippen molar-refractivity contribution in [1.82, 2.24) is 9.62 Å². The fraction of sp³-hybridized carbons (Fsp3) is 0.500. The number of sulfonamides is 1. The Kier molecular flexibility index (Phi) is 4.84. The zero-order valence-electron chi connectivity index (χ0n) is 11.1. The zero-order valence-corrected chi connectivity index (χ0v) is 11.9. The Bertz CT molecular complexity index is 513. The highest BCUT2D eigenvalue weighted by Gasteiger charge is 2.21. The molecule has 1 N–H and O–H groups in total. The van der Waals surface area contributed by atoms with Gasteiger partial charge >= 0.3 is 0 Å². The molecule has 0 saturated carbocycles. The number of rotatable bonds is 5. The van der Waals surface area contributed by atoms with E-state index >= 15 is 0 Å². The number of nitrogens with zero attached hydrogens (tertiary/aromatic N) is 1. The first kappa shape index (κ1) is 15.1. The number of nitrogens with one attached hydrogen (secondary N) is 1. The fourth-order valence-corrected chi connectivity index (χ4v) is 2.38. The molecule has 0 radical (unpaired) electrons. The molecule has 0 atom stereocenters. The van der Waals surface area contributed by atoms with Gasteiger partial charge in [0.05, 0.1) is 0 Å². The minimum Gasteiger partial charge on any atom is -0.310 e. The summed E-state index contributed by atoms with van der Waals surface area (Å²) in [4.78, 5) is -0.282. The third-order valence-electron chi connectivity index (χ3n) is 2.47. The molecular formula is C12H19FN2O2S. The predicted molar refractivity (Wildman–Crippen MR) is 69.2 cm³/mol. The molecule has 0 fully saturated rings. The van der Waals surface area contributed by atoms with Crippen molar-refractivity contribution in [3.63, 3.8) is 0 Å². The van der Waals surface area contributed by atoms with Gasteiger partial charge in [0.1, 0.15) is 10.7 Å². The van der Waals surface area contributed by atoms with E-state index in [2.05, 4.69) is 5.32 Å². The van der Waals surface area contributed by atoms with Gasteiger partial charge in [0.15, 0.2) is 0 Å². The lowest BCUT2D eigenvalue weighted by Gasteiger charge is -2.14. The van der Waals surface area contributed by atoms with Crippen molar-refractivity contribution in [2.45, 2.75) is 31.3 Å². The summed E-state index contributed by atoms with van der Waals surface area (Å²) in [6.07, 6.45) is 0. The van der Waals surface area contributed by atoms with Crippen LogP contribution in [-0.4, -0.2) is 32.9 Å². The Morgan fingerprint density at radius 2 is 1.94 bits per heavy atom. The largest absolute Gasteiger partial charge is 0.310 e. The average molecular weight is 274 g/mol. The minimum absolute atomic E-state index is 0.281. The smallest absolute Gasteiger partial charge is 0.245 e. The van der Waals surface area contributed by atoms with E-state index in [4.69, 9.17) is 0 Å². The van der Waals surface area contributed by atoms with Crippen LogP contribution in [0, 0.1) is 5.82 Å². The standard InChI is InChI=1S/C12H19FN2O2S/c1-9(2)14-8-10-5-6-11(13)12(7-10)18(16,17)15(3)4/h5-7,9,14H,8H2,1-4H3. The quantitative estimate of drug-likeness (QED) is 0.886. The SMILES string of the molecule is CC(C)NCc1ccc(F)c(S(=O)(=O)N(C)C)c1. The number of hydrogen-bond acceptors (Lipinski definition) is 3. The molecule has 0 saturated heterocycles. The van der Waals surface area contributed by atoms with Crippen LogP contribution < -0.4 is 5.32 Å². The van der Waals surface area contributed by atoms with Gasteiger partial charge < -0.3 is 5.32 Å². The van der Waals surface area contributed by atoms with Crippen LogP contribution in [-0.2, 0) is 16.6 Å². The molecule has 0 aromatic heterocycles. The van der Waals surface area contributed by atoms with E-state index in [-0.39, 0.29) is 10.9 Å². The van der Waals surface area contributed by atoms with Gasteiger partial charge in [-0.05, 0) is 17.7 Å². The molecule has 0 heterocycles. The molecule has 0 amide bonds. The second kappa shape index (κ2) is 5.77. The first-order valence-corrected chi connectivity index (χ1v) is 7.13. The van der Waals surface area contributed by atoms with Crippen molar-refractivity contribution in [1.29, 1.82) is 0 Å². The van der Waals surface area contributed by atoms with E-state index in [0.29, 0.717) is 6.54 Å². The van der Waals surface area contributed by atoms with E-state index in [1.54, 1.807) is 6.07 Å². The Labute approximate surface area is 108 Å². The monoisotopic (exact) mass is 274 g/mol. The van der Waals surface area contributed by atoms with Crippen molar-refractivity contribution in [3.05, 3.63) is 29.6 Å². The van der Waals surface area contributed by atoms with Crippen LogP contribution >= 0.6 is 0 Å². The van der Waals surface area contributed by atoms with Crippen LogP contribution in [0.25, 0.3) is 0 Å². The third kappa shape index (κ3) is 3.51. The summed E-state index contributed by atoms with van der Waals surface area (Å²) in [5.41, 5.74) is 0.741. The molecule has 0 spiro atoms. The molecule has 1 aromatic rings. The van der Waals surface area contributed by atoms with Crippen LogP contribution in [0.2, 0.25) is 0 Å². The van der Waals surface area contributed by atoms with Gasteiger partial charge in [0.2, 0.25) is 10.0 Å². The second-order valence-corrected chi connectivity index (χ2v) is 6.71. The van der Waals surface area contributed by atoms with Gasteiger partial charge in [-0.2, -0.15) is 0 Å². The average Bonchev–Trinajstić information content (AvgIpc) is 2.27. The Balaban J connectivity index is 3.10. The van der Waals surface area contributed by atoms with E-state index in [1.165, 1.54) is 26.2 Å². The summed E-state index contributed by atoms with van der Waals surface area (Å²) in [5.74, 6) is -0.725. The van der Waals surface area contributed by atoms with Crippen molar-refractivity contribution < 1.29 is 12.8 Å². The summed E-state index contributed by atoms with van der Waals surface area (Å²) >= 11 is 0. The lowest BCUT2D eigenvalue weighted by molar-refractivity contribution is 0.507. The van der Waals surface area contributed by atoms with Gasteiger partial charge in [-0.3, -0.25) is 0 Å². The minimum atomic E-state index is -3.74. The van der Waals surface area contributed by atoms with Crippen molar-refractivity contribution in [2.75, 3.05) is 14.1 Å². The van der Waals surface area contributed by atoms with Crippen molar-refractivity contribution in [2.24, 2.45) is 0 Å². The van der Waals surface area contributed by atoms with Crippen LogP contribution in [0.1, 0.15) is 19.4 Å². The van der Waals surface area contributed by atoms with Crippen LogP contribution in [0.15, 0.2) is 23.1 Å². The van der Waals surface area contributed by atoms with Gasteiger partial charge in [0.25, 0.3) is 0 Å². The Morgan fingerprint density at radius 3 is 2.44 bits per heavy atom. The van der Waals surface area contributed by atoms with Crippen LogP contribution in [0.3, 0.4) is 0 Å². The summed E-state index contributed by atoms with van der Waals surface area (Å²) in [6, 6.07) is 4.43. The zero-order chi connectivity index (χ0) is 13.9. The molecule has 18 heavy (non-hydrogen) atoms. The third-order valence-corrected chi connectivity index (χ3v) is 4.30. The highest BCUT2D eigenvalue weighted by Crippen LogP contribution is 2.19. The van der Waals surface area contributed by atoms with Crippen molar-refractivity contribution in [3.8, 4) is 0 Å². The highest BCUT2D eigenvalue weighted by molar-refractivity contribution is 7.89. The number of halogens is 1. The van der Waals surface area contributed by atoms with Crippen LogP contribution in [0.4, 0.5) is 4.39 Å². The Hall–Kier alpha value is -0.980. The first-order chi connectivity index (χ1) is 8.25. The maximum atomic E-state index is 13.6. The van der Waals surface area contributed by atoms with Gasteiger partial charge in [0, 0.05) is 26.7 Å². The molecule has 0 bridgehead atoms. The molecule has 0 aliphatic carbocycles. The molecule has 1 aromatic carbocycles. The fourth-order valence-electron chi connectivity index (χ4n) is 1.37. The molecule has 102 valence electrons. The van der Waals surface area contributed by atoms with Gasteiger partial charge in [-0.1, -0.05) is 19.9 Å². The van der Waals surface area contributed by atoms with Gasteiger partial charge in [-0.25, -0.2) is 17.1 Å². The lowest BCUT2D eigenvalue weighted by atomic mass is 10.2.